The van der Waals surface area contributed by atoms with Gasteiger partial charge in [-0.3, -0.25) is 0 Å². The van der Waals surface area contributed by atoms with Gasteiger partial charge < -0.3 is 4.74 Å². The molecule has 0 atom stereocenters. The van der Waals surface area contributed by atoms with E-state index in [1.807, 2.05) is 0 Å². The molecule has 0 amide bonds. The van der Waals surface area contributed by atoms with Gasteiger partial charge in [0.1, 0.15) is 0 Å². The molecule has 0 aliphatic carbocycles. The summed E-state index contributed by atoms with van der Waals surface area (Å²) >= 11 is 4.57. The highest BCUT2D eigenvalue weighted by molar-refractivity contribution is 7.80. The maximum Gasteiger partial charge on any atom is 0.616 e. The topological polar surface area (TPSA) is 9.23 Å². The fourth-order valence-electron chi connectivity index (χ4n) is 0.535. The SMILES string of the molecule is COC(=S)CCC[Si](F)(F)F. The van der Waals surface area contributed by atoms with Gasteiger partial charge in [-0.05, 0) is 18.6 Å². The van der Waals surface area contributed by atoms with Gasteiger partial charge in [0.05, 0.1) is 7.11 Å². The normalized spacial score (nSPS) is 11.3. The van der Waals surface area contributed by atoms with Crippen LogP contribution in [0.4, 0.5) is 12.3 Å². The van der Waals surface area contributed by atoms with E-state index in [-0.39, 0.29) is 17.9 Å². The fourth-order valence-corrected chi connectivity index (χ4v) is 1.26. The quantitative estimate of drug-likeness (QED) is 0.393. The monoisotopic (exact) mass is 202 g/mol. The van der Waals surface area contributed by atoms with Crippen molar-refractivity contribution in [2.24, 2.45) is 0 Å². The van der Waals surface area contributed by atoms with Crippen molar-refractivity contribution >= 4 is 26.3 Å². The molecule has 0 bridgehead atoms. The van der Waals surface area contributed by atoms with Gasteiger partial charge in [0.2, 0.25) is 0 Å². The van der Waals surface area contributed by atoms with Crippen LogP contribution in [0, 0.1) is 0 Å². The van der Waals surface area contributed by atoms with E-state index in [9.17, 15) is 12.3 Å². The molecule has 0 saturated heterocycles. The molecule has 1 nitrogen and oxygen atoms in total. The van der Waals surface area contributed by atoms with E-state index >= 15 is 0 Å². The Labute approximate surface area is 70.1 Å². The summed E-state index contributed by atoms with van der Waals surface area (Å²) in [5, 5.41) is 0.253. The summed E-state index contributed by atoms with van der Waals surface area (Å²) in [6.45, 7) is 0. The Morgan fingerprint density at radius 1 is 1.45 bits per heavy atom. The first-order valence-corrected chi connectivity index (χ1v) is 5.34. The van der Waals surface area contributed by atoms with E-state index in [0.29, 0.717) is 0 Å². The molecule has 6 heteroatoms. The molecule has 0 fully saturated rings. The zero-order valence-corrected chi connectivity index (χ0v) is 7.89. The molecule has 0 aromatic carbocycles. The van der Waals surface area contributed by atoms with Crippen LogP contribution < -0.4 is 0 Å². The summed E-state index contributed by atoms with van der Waals surface area (Å²) in [6, 6.07) is -0.656. The molecule has 0 aliphatic rings. The minimum absolute atomic E-state index is 0.0718. The van der Waals surface area contributed by atoms with Crippen molar-refractivity contribution in [1.82, 2.24) is 0 Å². The first kappa shape index (κ1) is 10.9. The summed E-state index contributed by atoms with van der Waals surface area (Å²) in [5.41, 5.74) is 0. The van der Waals surface area contributed by atoms with Crippen molar-refractivity contribution in [1.29, 1.82) is 0 Å². The molecular formula is C5H9F3OSSi. The van der Waals surface area contributed by atoms with Crippen molar-refractivity contribution in [3.05, 3.63) is 0 Å². The van der Waals surface area contributed by atoms with Gasteiger partial charge in [0.25, 0.3) is 0 Å². The molecule has 0 radical (unpaired) electrons. The van der Waals surface area contributed by atoms with Crippen LogP contribution in [-0.4, -0.2) is 21.2 Å². The Morgan fingerprint density at radius 3 is 2.36 bits per heavy atom. The minimum atomic E-state index is -5.35. The minimum Gasteiger partial charge on any atom is -0.490 e. The van der Waals surface area contributed by atoms with Gasteiger partial charge in [-0.1, -0.05) is 0 Å². The molecule has 0 unspecified atom stereocenters. The fraction of sp³-hybridized carbons (Fsp3) is 0.800. The Hall–Kier alpha value is -0.103. The van der Waals surface area contributed by atoms with Crippen LogP contribution in [0.1, 0.15) is 12.8 Å². The van der Waals surface area contributed by atoms with E-state index in [2.05, 4.69) is 17.0 Å². The second-order valence-corrected chi connectivity index (χ2v) is 4.23. The number of hydrogen-bond donors (Lipinski definition) is 0. The van der Waals surface area contributed by atoms with E-state index in [4.69, 9.17) is 0 Å². The lowest BCUT2D eigenvalue weighted by Gasteiger charge is -2.02. The highest BCUT2D eigenvalue weighted by atomic mass is 32.1. The number of rotatable bonds is 4. The third-order valence-corrected chi connectivity index (χ3v) is 2.36. The maximum absolute atomic E-state index is 11.7. The average molecular weight is 202 g/mol. The largest absolute Gasteiger partial charge is 0.616 e. The molecule has 0 saturated carbocycles. The summed E-state index contributed by atoms with van der Waals surface area (Å²) < 4.78 is 39.5. The molecule has 0 rings (SSSR count). The molecule has 0 N–H and O–H groups in total. The highest BCUT2D eigenvalue weighted by Crippen LogP contribution is 2.18. The van der Waals surface area contributed by atoms with E-state index in [0.717, 1.165) is 0 Å². The smallest absolute Gasteiger partial charge is 0.490 e. The van der Waals surface area contributed by atoms with Gasteiger partial charge in [0, 0.05) is 12.5 Å². The Balaban J connectivity index is 3.35. The van der Waals surface area contributed by atoms with Crippen LogP contribution in [0.25, 0.3) is 0 Å². The maximum atomic E-state index is 11.7. The van der Waals surface area contributed by atoms with Crippen LogP contribution in [0.3, 0.4) is 0 Å². The third-order valence-electron chi connectivity index (χ3n) is 1.07. The van der Waals surface area contributed by atoms with Gasteiger partial charge in [0.15, 0.2) is 5.05 Å². The summed E-state index contributed by atoms with van der Waals surface area (Å²) in [4.78, 5) is 0. The predicted molar refractivity (Wildman–Crippen MR) is 42.7 cm³/mol. The zero-order valence-electron chi connectivity index (χ0n) is 6.07. The second kappa shape index (κ2) is 4.71. The van der Waals surface area contributed by atoms with Crippen LogP contribution in [0.2, 0.25) is 6.04 Å². The van der Waals surface area contributed by atoms with Crippen LogP contribution in [0.15, 0.2) is 0 Å². The Bertz CT molecular complexity index is 136. The van der Waals surface area contributed by atoms with Gasteiger partial charge in [-0.15, -0.1) is 0 Å². The number of thiocarbonyl (C=S) groups is 1. The highest BCUT2D eigenvalue weighted by Gasteiger charge is 2.35. The van der Waals surface area contributed by atoms with Gasteiger partial charge in [-0.2, -0.15) is 0 Å². The molecular weight excluding hydrogens is 193 g/mol. The number of ether oxygens (including phenoxy) is 1. The molecule has 0 aromatic heterocycles. The third kappa shape index (κ3) is 7.80. The van der Waals surface area contributed by atoms with Crippen LogP contribution in [-0.2, 0) is 4.74 Å². The Kier molecular flexibility index (Phi) is 4.67. The lowest BCUT2D eigenvalue weighted by Crippen LogP contribution is -2.14. The number of methoxy groups -OCH3 is 1. The van der Waals surface area contributed by atoms with Crippen molar-refractivity contribution in [3.8, 4) is 0 Å². The van der Waals surface area contributed by atoms with E-state index in [1.165, 1.54) is 7.11 Å². The average Bonchev–Trinajstić information content (AvgIpc) is 1.85. The lowest BCUT2D eigenvalue weighted by molar-refractivity contribution is 0.399. The molecule has 0 aromatic rings. The summed E-state index contributed by atoms with van der Waals surface area (Å²) in [5.74, 6) is 0. The molecule has 0 heterocycles. The first-order valence-electron chi connectivity index (χ1n) is 3.09. The van der Waals surface area contributed by atoms with Crippen LogP contribution >= 0.6 is 12.2 Å². The lowest BCUT2D eigenvalue weighted by atomic mass is 10.4. The van der Waals surface area contributed by atoms with Gasteiger partial charge in [-0.25, -0.2) is 12.3 Å². The van der Waals surface area contributed by atoms with Crippen molar-refractivity contribution in [2.45, 2.75) is 18.9 Å². The predicted octanol–water partition coefficient (Wildman–Crippen LogP) is 2.59. The van der Waals surface area contributed by atoms with E-state index < -0.39 is 15.1 Å². The zero-order chi connectivity index (χ0) is 8.91. The summed E-state index contributed by atoms with van der Waals surface area (Å²) in [7, 11) is -3.98. The number of hydrogen-bond acceptors (Lipinski definition) is 2. The van der Waals surface area contributed by atoms with E-state index in [1.54, 1.807) is 0 Å². The molecule has 11 heavy (non-hydrogen) atoms. The number of halogens is 3. The molecule has 0 aliphatic heterocycles. The standard InChI is InChI=1S/C5H9F3OSSi/c1-9-5(10)3-2-4-11(6,7)8/h2-4H2,1H3. The van der Waals surface area contributed by atoms with Crippen molar-refractivity contribution in [2.75, 3.05) is 7.11 Å². The van der Waals surface area contributed by atoms with Crippen molar-refractivity contribution < 1.29 is 17.1 Å². The summed E-state index contributed by atoms with van der Waals surface area (Å²) in [6.07, 6.45) is 0.306. The molecule has 66 valence electrons. The van der Waals surface area contributed by atoms with Crippen molar-refractivity contribution in [3.63, 3.8) is 0 Å². The Morgan fingerprint density at radius 2 is 2.00 bits per heavy atom. The second-order valence-electron chi connectivity index (χ2n) is 2.04. The van der Waals surface area contributed by atoms with Gasteiger partial charge >= 0.3 is 9.08 Å². The first-order chi connectivity index (χ1) is 4.95. The van der Waals surface area contributed by atoms with Crippen LogP contribution in [0.5, 0.6) is 0 Å². The molecule has 0 spiro atoms.